The number of nitrogens with zero attached hydrogens (tertiary/aromatic N) is 1. The third-order valence-electron chi connectivity index (χ3n) is 4.89. The first kappa shape index (κ1) is 17.5. The van der Waals surface area contributed by atoms with Crippen LogP contribution in [0, 0.1) is 5.82 Å². The number of piperidine rings is 1. The van der Waals surface area contributed by atoms with Crippen LogP contribution in [0.2, 0.25) is 10.0 Å². The van der Waals surface area contributed by atoms with E-state index in [0.29, 0.717) is 21.5 Å². The molecule has 0 bridgehead atoms. The van der Waals surface area contributed by atoms with E-state index in [2.05, 4.69) is 18.9 Å². The summed E-state index contributed by atoms with van der Waals surface area (Å²) in [6.45, 7) is 3.13. The van der Waals surface area contributed by atoms with Crippen molar-refractivity contribution in [2.24, 2.45) is 0 Å². The Bertz CT molecular complexity index is 752. The monoisotopic (exact) mass is 367 g/mol. The van der Waals surface area contributed by atoms with Gasteiger partial charge in [0.25, 0.3) is 0 Å². The zero-order chi connectivity index (χ0) is 17.3. The Labute approximate surface area is 152 Å². The lowest BCUT2D eigenvalue weighted by Gasteiger charge is -2.43. The van der Waals surface area contributed by atoms with Crippen LogP contribution in [0.5, 0.6) is 11.5 Å². The quantitative estimate of drug-likeness (QED) is 0.634. The first-order valence-electron chi connectivity index (χ1n) is 8.04. The second-order valence-electron chi connectivity index (χ2n) is 6.47. The largest absolute Gasteiger partial charge is 0.457 e. The van der Waals surface area contributed by atoms with Gasteiger partial charge in [0.15, 0.2) is 0 Å². The molecule has 1 atom stereocenters. The smallest absolute Gasteiger partial charge is 0.132 e. The average molecular weight is 368 g/mol. The maximum atomic E-state index is 13.9. The van der Waals surface area contributed by atoms with Crippen LogP contribution in [0.4, 0.5) is 4.39 Å². The number of halogens is 3. The Balaban J connectivity index is 2.00. The molecule has 128 valence electrons. The highest BCUT2D eigenvalue weighted by Gasteiger charge is 2.36. The molecule has 1 fully saturated rings. The van der Waals surface area contributed by atoms with Gasteiger partial charge >= 0.3 is 0 Å². The Morgan fingerprint density at radius 2 is 1.88 bits per heavy atom. The van der Waals surface area contributed by atoms with Crippen molar-refractivity contribution in [3.8, 4) is 11.5 Å². The van der Waals surface area contributed by atoms with Gasteiger partial charge in [-0.3, -0.25) is 4.90 Å². The van der Waals surface area contributed by atoms with E-state index < -0.39 is 0 Å². The van der Waals surface area contributed by atoms with Crippen molar-refractivity contribution < 1.29 is 9.13 Å². The summed E-state index contributed by atoms with van der Waals surface area (Å²) in [5, 5.41) is 0.904. The minimum Gasteiger partial charge on any atom is -0.457 e. The number of benzene rings is 2. The Kier molecular flexibility index (Phi) is 5.05. The van der Waals surface area contributed by atoms with Crippen molar-refractivity contribution in [3.63, 3.8) is 0 Å². The van der Waals surface area contributed by atoms with Crippen molar-refractivity contribution in [1.82, 2.24) is 4.90 Å². The summed E-state index contributed by atoms with van der Waals surface area (Å²) < 4.78 is 20.0. The highest BCUT2D eigenvalue weighted by molar-refractivity contribution is 6.42. The topological polar surface area (TPSA) is 12.5 Å². The minimum absolute atomic E-state index is 0.258. The summed E-state index contributed by atoms with van der Waals surface area (Å²) in [6.07, 6.45) is 3.23. The molecule has 24 heavy (non-hydrogen) atoms. The summed E-state index contributed by atoms with van der Waals surface area (Å²) in [4.78, 5) is 2.27. The summed E-state index contributed by atoms with van der Waals surface area (Å²) >= 11 is 12.0. The number of hydrogen-bond acceptors (Lipinski definition) is 2. The van der Waals surface area contributed by atoms with Crippen molar-refractivity contribution in [3.05, 3.63) is 57.8 Å². The first-order valence-corrected chi connectivity index (χ1v) is 8.80. The zero-order valence-corrected chi connectivity index (χ0v) is 15.3. The fraction of sp³-hybridized carbons (Fsp3) is 0.368. The van der Waals surface area contributed by atoms with Gasteiger partial charge in [0.05, 0.1) is 10.0 Å². The minimum atomic E-state index is -0.258. The van der Waals surface area contributed by atoms with Gasteiger partial charge in [-0.15, -0.1) is 0 Å². The third kappa shape index (κ3) is 3.39. The van der Waals surface area contributed by atoms with Crippen molar-refractivity contribution >= 4 is 23.2 Å². The SMILES string of the molecule is CN1CCCCC1(C)c1cc(F)ccc1Oc1ccc(Cl)c(Cl)c1. The number of rotatable bonds is 3. The average Bonchev–Trinajstić information content (AvgIpc) is 2.55. The second kappa shape index (κ2) is 6.91. The van der Waals surface area contributed by atoms with Crippen LogP contribution >= 0.6 is 23.2 Å². The molecule has 3 rings (SSSR count). The van der Waals surface area contributed by atoms with Gasteiger partial charge in [-0.05, 0) is 70.1 Å². The van der Waals surface area contributed by atoms with Gasteiger partial charge in [0.2, 0.25) is 0 Å². The van der Waals surface area contributed by atoms with Crippen LogP contribution in [-0.2, 0) is 5.54 Å². The number of likely N-dealkylation sites (tertiary alicyclic amines) is 1. The molecule has 0 N–H and O–H groups in total. The van der Waals surface area contributed by atoms with Crippen LogP contribution in [0.15, 0.2) is 36.4 Å². The summed E-state index contributed by atoms with van der Waals surface area (Å²) in [6, 6.07) is 9.80. The van der Waals surface area contributed by atoms with E-state index in [1.165, 1.54) is 6.07 Å². The molecule has 2 aromatic rings. The lowest BCUT2D eigenvalue weighted by molar-refractivity contribution is 0.0861. The fourth-order valence-electron chi connectivity index (χ4n) is 3.28. The molecule has 0 spiro atoms. The van der Waals surface area contributed by atoms with E-state index in [9.17, 15) is 4.39 Å². The van der Waals surface area contributed by atoms with Crippen LogP contribution in [-0.4, -0.2) is 18.5 Å². The third-order valence-corrected chi connectivity index (χ3v) is 5.63. The van der Waals surface area contributed by atoms with Gasteiger partial charge in [-0.25, -0.2) is 4.39 Å². The Hall–Kier alpha value is -1.29. The highest BCUT2D eigenvalue weighted by Crippen LogP contribution is 2.42. The predicted octanol–water partition coefficient (Wildman–Crippen LogP) is 6.26. The molecule has 0 amide bonds. The Morgan fingerprint density at radius 3 is 2.58 bits per heavy atom. The molecule has 2 aromatic carbocycles. The summed E-state index contributed by atoms with van der Waals surface area (Å²) in [7, 11) is 2.08. The van der Waals surface area contributed by atoms with Gasteiger partial charge in [0, 0.05) is 17.2 Å². The van der Waals surface area contributed by atoms with Crippen LogP contribution < -0.4 is 4.74 Å². The van der Waals surface area contributed by atoms with E-state index in [1.807, 2.05) is 0 Å². The maximum absolute atomic E-state index is 13.9. The van der Waals surface area contributed by atoms with Gasteiger partial charge in [-0.2, -0.15) is 0 Å². The second-order valence-corrected chi connectivity index (χ2v) is 7.29. The molecule has 1 aliphatic heterocycles. The highest BCUT2D eigenvalue weighted by atomic mass is 35.5. The van der Waals surface area contributed by atoms with Crippen LogP contribution in [0.1, 0.15) is 31.7 Å². The standard InChI is InChI=1S/C19H20Cl2FNO/c1-19(9-3-4-10-23(19)2)15-11-13(22)5-8-18(15)24-14-6-7-16(20)17(21)12-14/h5-8,11-12H,3-4,9-10H2,1-2H3. The van der Waals surface area contributed by atoms with E-state index >= 15 is 0 Å². The molecule has 1 aliphatic rings. The van der Waals surface area contributed by atoms with Gasteiger partial charge in [0.1, 0.15) is 17.3 Å². The molecule has 0 aromatic heterocycles. The van der Waals surface area contributed by atoms with Gasteiger partial charge in [-0.1, -0.05) is 23.2 Å². The molecule has 5 heteroatoms. The molecule has 1 heterocycles. The predicted molar refractivity (Wildman–Crippen MR) is 96.8 cm³/mol. The van der Waals surface area contributed by atoms with Crippen molar-refractivity contribution in [1.29, 1.82) is 0 Å². The van der Waals surface area contributed by atoms with E-state index in [-0.39, 0.29) is 11.4 Å². The lowest BCUT2D eigenvalue weighted by atomic mass is 9.82. The van der Waals surface area contributed by atoms with E-state index in [0.717, 1.165) is 31.4 Å². The molecule has 2 nitrogen and oxygen atoms in total. The van der Waals surface area contributed by atoms with E-state index in [1.54, 1.807) is 30.3 Å². The summed E-state index contributed by atoms with van der Waals surface area (Å²) in [5.41, 5.74) is 0.599. The molecular weight excluding hydrogens is 348 g/mol. The molecule has 0 radical (unpaired) electrons. The summed E-state index contributed by atoms with van der Waals surface area (Å²) in [5.74, 6) is 0.969. The molecule has 0 saturated carbocycles. The molecule has 1 unspecified atom stereocenters. The van der Waals surface area contributed by atoms with E-state index in [4.69, 9.17) is 27.9 Å². The molecule has 1 saturated heterocycles. The number of hydrogen-bond donors (Lipinski definition) is 0. The van der Waals surface area contributed by atoms with Crippen molar-refractivity contribution in [2.75, 3.05) is 13.6 Å². The maximum Gasteiger partial charge on any atom is 0.132 e. The zero-order valence-electron chi connectivity index (χ0n) is 13.8. The number of ether oxygens (including phenoxy) is 1. The van der Waals surface area contributed by atoms with Crippen LogP contribution in [0.3, 0.4) is 0 Å². The van der Waals surface area contributed by atoms with Crippen molar-refractivity contribution in [2.45, 2.75) is 31.7 Å². The Morgan fingerprint density at radius 1 is 1.08 bits per heavy atom. The van der Waals surface area contributed by atoms with Crippen LogP contribution in [0.25, 0.3) is 0 Å². The molecule has 0 aliphatic carbocycles. The lowest BCUT2D eigenvalue weighted by Crippen LogP contribution is -2.44. The first-order chi connectivity index (χ1) is 11.4. The fourth-order valence-corrected chi connectivity index (χ4v) is 3.56. The normalized spacial score (nSPS) is 21.7. The molecular formula is C19H20Cl2FNO. The van der Waals surface area contributed by atoms with Gasteiger partial charge < -0.3 is 4.74 Å².